The Morgan fingerprint density at radius 1 is 1.23 bits per heavy atom. The average Bonchev–Trinajstić information content (AvgIpc) is 2.86. The third-order valence-corrected chi connectivity index (χ3v) is 4.96. The van der Waals surface area contributed by atoms with Crippen LogP contribution in [-0.4, -0.2) is 51.2 Å². The van der Waals surface area contributed by atoms with E-state index in [1.54, 1.807) is 0 Å². The lowest BCUT2D eigenvalue weighted by Gasteiger charge is -2.26. The van der Waals surface area contributed by atoms with Crippen molar-refractivity contribution in [2.24, 2.45) is 11.8 Å². The molecule has 0 heterocycles. The van der Waals surface area contributed by atoms with Crippen molar-refractivity contribution in [2.45, 2.75) is 64.3 Å². The lowest BCUT2D eigenvalue weighted by molar-refractivity contribution is -0.142. The largest absolute Gasteiger partial charge is 0.469 e. The van der Waals surface area contributed by atoms with E-state index in [0.717, 1.165) is 19.5 Å². The van der Waals surface area contributed by atoms with Crippen LogP contribution in [0.1, 0.15) is 58.3 Å². The van der Waals surface area contributed by atoms with Crippen LogP contribution in [0.3, 0.4) is 0 Å². The van der Waals surface area contributed by atoms with Crippen LogP contribution in [-0.2, 0) is 9.53 Å². The summed E-state index contributed by atoms with van der Waals surface area (Å²) in [6, 6.07) is 0.591. The van der Waals surface area contributed by atoms with Crippen molar-refractivity contribution >= 4 is 5.97 Å². The zero-order chi connectivity index (χ0) is 16.4. The molecule has 1 fully saturated rings. The summed E-state index contributed by atoms with van der Waals surface area (Å²) in [5.74, 6) is 1.11. The molecule has 0 aromatic carbocycles. The van der Waals surface area contributed by atoms with Crippen LogP contribution in [0.2, 0.25) is 0 Å². The van der Waals surface area contributed by atoms with Gasteiger partial charge in [0.05, 0.1) is 7.11 Å². The smallest absolute Gasteiger partial charge is 0.305 e. The van der Waals surface area contributed by atoms with Gasteiger partial charge in [0.1, 0.15) is 0 Å². The molecule has 0 unspecified atom stereocenters. The van der Waals surface area contributed by atoms with Gasteiger partial charge >= 0.3 is 5.97 Å². The van der Waals surface area contributed by atoms with Crippen molar-refractivity contribution in [3.8, 4) is 0 Å². The molecule has 4 heteroatoms. The number of hydrogen-bond donors (Lipinski definition) is 1. The van der Waals surface area contributed by atoms with E-state index in [0.29, 0.717) is 24.3 Å². The predicted molar refractivity (Wildman–Crippen MR) is 92.0 cm³/mol. The molecule has 1 rings (SSSR count). The van der Waals surface area contributed by atoms with Gasteiger partial charge in [0.2, 0.25) is 0 Å². The van der Waals surface area contributed by atoms with Crippen molar-refractivity contribution in [3.05, 3.63) is 0 Å². The van der Waals surface area contributed by atoms with E-state index in [1.165, 1.54) is 45.6 Å². The fourth-order valence-corrected chi connectivity index (χ4v) is 3.70. The minimum Gasteiger partial charge on any atom is -0.469 e. The van der Waals surface area contributed by atoms with Gasteiger partial charge in [0, 0.05) is 12.5 Å². The molecule has 0 aliphatic heterocycles. The Morgan fingerprint density at radius 2 is 2.00 bits per heavy atom. The van der Waals surface area contributed by atoms with Crippen LogP contribution in [0, 0.1) is 11.8 Å². The topological polar surface area (TPSA) is 41.6 Å². The molecular formula is C18H36N2O2. The Bertz CT molecular complexity index is 307. The van der Waals surface area contributed by atoms with Crippen molar-refractivity contribution < 1.29 is 9.53 Å². The number of methoxy groups -OCH3 is 1. The SMILES string of the molecule is CCCCC[C@H]1[C@@H](CC(=O)OC)CC[C@@H]1NCCCN(C)C. The van der Waals surface area contributed by atoms with E-state index < -0.39 is 0 Å². The molecule has 0 bridgehead atoms. The first-order valence-corrected chi connectivity index (χ1v) is 9.03. The molecule has 0 saturated heterocycles. The van der Waals surface area contributed by atoms with E-state index in [4.69, 9.17) is 4.74 Å². The third-order valence-electron chi connectivity index (χ3n) is 4.96. The van der Waals surface area contributed by atoms with Gasteiger partial charge in [0.15, 0.2) is 0 Å². The van der Waals surface area contributed by atoms with Crippen LogP contribution in [0.25, 0.3) is 0 Å². The average molecular weight is 312 g/mol. The monoisotopic (exact) mass is 312 g/mol. The molecule has 0 amide bonds. The first-order chi connectivity index (χ1) is 10.6. The number of nitrogens with one attached hydrogen (secondary N) is 1. The van der Waals surface area contributed by atoms with Gasteiger partial charge in [-0.3, -0.25) is 4.79 Å². The van der Waals surface area contributed by atoms with Gasteiger partial charge in [-0.1, -0.05) is 26.2 Å². The molecule has 0 aromatic rings. The highest BCUT2D eigenvalue weighted by atomic mass is 16.5. The molecule has 1 N–H and O–H groups in total. The zero-order valence-electron chi connectivity index (χ0n) is 15.1. The lowest BCUT2D eigenvalue weighted by Crippen LogP contribution is -2.36. The summed E-state index contributed by atoms with van der Waals surface area (Å²) in [6.07, 6.45) is 9.26. The minimum absolute atomic E-state index is 0.0428. The molecule has 1 aliphatic rings. The van der Waals surface area contributed by atoms with E-state index >= 15 is 0 Å². The molecule has 130 valence electrons. The number of hydrogen-bond acceptors (Lipinski definition) is 4. The van der Waals surface area contributed by atoms with Crippen LogP contribution >= 0.6 is 0 Å². The van der Waals surface area contributed by atoms with Gasteiger partial charge in [0.25, 0.3) is 0 Å². The quantitative estimate of drug-likeness (QED) is 0.470. The summed E-state index contributed by atoms with van der Waals surface area (Å²) in [4.78, 5) is 13.9. The number of ether oxygens (including phenoxy) is 1. The van der Waals surface area contributed by atoms with Gasteiger partial charge in [-0.15, -0.1) is 0 Å². The number of carbonyl (C=O) groups is 1. The number of nitrogens with zero attached hydrogens (tertiary/aromatic N) is 1. The number of carbonyl (C=O) groups excluding carboxylic acids is 1. The summed E-state index contributed by atoms with van der Waals surface area (Å²) < 4.78 is 4.88. The van der Waals surface area contributed by atoms with Crippen molar-refractivity contribution in [1.82, 2.24) is 10.2 Å². The van der Waals surface area contributed by atoms with Crippen LogP contribution < -0.4 is 5.32 Å². The summed E-state index contributed by atoms with van der Waals surface area (Å²) >= 11 is 0. The molecule has 22 heavy (non-hydrogen) atoms. The molecule has 0 radical (unpaired) electrons. The molecule has 0 spiro atoms. The summed E-state index contributed by atoms with van der Waals surface area (Å²) in [6.45, 7) is 4.46. The Balaban J connectivity index is 2.44. The van der Waals surface area contributed by atoms with Gasteiger partial charge in [-0.05, 0) is 64.7 Å². The third kappa shape index (κ3) is 7.10. The fourth-order valence-electron chi connectivity index (χ4n) is 3.70. The second-order valence-electron chi connectivity index (χ2n) is 6.99. The highest BCUT2D eigenvalue weighted by Crippen LogP contribution is 2.38. The normalized spacial score (nSPS) is 24.9. The Hall–Kier alpha value is -0.610. The maximum absolute atomic E-state index is 11.6. The minimum atomic E-state index is -0.0428. The van der Waals surface area contributed by atoms with E-state index in [1.807, 2.05) is 0 Å². The lowest BCUT2D eigenvalue weighted by atomic mass is 9.86. The maximum Gasteiger partial charge on any atom is 0.305 e. The first-order valence-electron chi connectivity index (χ1n) is 9.03. The van der Waals surface area contributed by atoms with Crippen LogP contribution in [0.15, 0.2) is 0 Å². The van der Waals surface area contributed by atoms with Crippen molar-refractivity contribution in [3.63, 3.8) is 0 Å². The highest BCUT2D eigenvalue weighted by molar-refractivity contribution is 5.69. The van der Waals surface area contributed by atoms with Crippen molar-refractivity contribution in [2.75, 3.05) is 34.3 Å². The summed E-state index contributed by atoms with van der Waals surface area (Å²) in [5.41, 5.74) is 0. The molecule has 4 nitrogen and oxygen atoms in total. The Morgan fingerprint density at radius 3 is 2.64 bits per heavy atom. The molecule has 3 atom stereocenters. The highest BCUT2D eigenvalue weighted by Gasteiger charge is 2.36. The number of unbranched alkanes of at least 4 members (excludes halogenated alkanes) is 2. The van der Waals surface area contributed by atoms with E-state index in [-0.39, 0.29) is 5.97 Å². The van der Waals surface area contributed by atoms with E-state index in [2.05, 4.69) is 31.2 Å². The second kappa shape index (κ2) is 11.0. The predicted octanol–water partition coefficient (Wildman–Crippen LogP) is 3.07. The van der Waals surface area contributed by atoms with E-state index in [9.17, 15) is 4.79 Å². The summed E-state index contributed by atoms with van der Waals surface area (Å²) in [7, 11) is 5.74. The zero-order valence-corrected chi connectivity index (χ0v) is 15.1. The van der Waals surface area contributed by atoms with Crippen molar-refractivity contribution in [1.29, 1.82) is 0 Å². The second-order valence-corrected chi connectivity index (χ2v) is 6.99. The molecule has 1 saturated carbocycles. The van der Waals surface area contributed by atoms with Gasteiger partial charge in [-0.2, -0.15) is 0 Å². The Labute approximate surface area is 137 Å². The summed E-state index contributed by atoms with van der Waals surface area (Å²) in [5, 5.41) is 3.76. The maximum atomic E-state index is 11.6. The van der Waals surface area contributed by atoms with Crippen LogP contribution in [0.5, 0.6) is 0 Å². The number of esters is 1. The van der Waals surface area contributed by atoms with Crippen LogP contribution in [0.4, 0.5) is 0 Å². The molecule has 1 aliphatic carbocycles. The first kappa shape index (κ1) is 19.4. The Kier molecular flexibility index (Phi) is 9.73. The fraction of sp³-hybridized carbons (Fsp3) is 0.944. The van der Waals surface area contributed by atoms with Gasteiger partial charge < -0.3 is 15.0 Å². The number of rotatable bonds is 11. The van der Waals surface area contributed by atoms with Gasteiger partial charge in [-0.25, -0.2) is 0 Å². The molecular weight excluding hydrogens is 276 g/mol. The molecule has 0 aromatic heterocycles. The standard InChI is InChI=1S/C18H36N2O2/c1-5-6-7-9-16-15(14-18(21)22-4)10-11-17(16)19-12-8-13-20(2)3/h15-17,19H,5-14H2,1-4H3/t15-,16+,17+/m1/s1.